The average molecular weight is 365 g/mol. The molecule has 134 valence electrons. The average Bonchev–Trinajstić information content (AvgIpc) is 3.31. The van der Waals surface area contributed by atoms with Crippen LogP contribution in [0.4, 0.5) is 0 Å². The van der Waals surface area contributed by atoms with E-state index in [1.54, 1.807) is 11.3 Å². The monoisotopic (exact) mass is 364 g/mol. The van der Waals surface area contributed by atoms with E-state index in [2.05, 4.69) is 59.6 Å². The van der Waals surface area contributed by atoms with E-state index in [0.717, 1.165) is 59.2 Å². The van der Waals surface area contributed by atoms with Gasteiger partial charge in [-0.1, -0.05) is 32.0 Å². The maximum Gasteiger partial charge on any atom is 0.211 e. The van der Waals surface area contributed by atoms with Crippen LogP contribution < -0.4 is 0 Å². The number of hydrogen-bond acceptors (Lipinski definition) is 2. The van der Waals surface area contributed by atoms with Gasteiger partial charge in [-0.3, -0.25) is 4.79 Å². The third-order valence-electron chi connectivity index (χ3n) is 5.09. The maximum atomic E-state index is 13.6. The van der Waals surface area contributed by atoms with Crippen molar-refractivity contribution in [3.05, 3.63) is 58.7 Å². The summed E-state index contributed by atoms with van der Waals surface area (Å²) >= 11 is 1.72. The van der Waals surface area contributed by atoms with Crippen LogP contribution in [-0.2, 0) is 13.1 Å². The van der Waals surface area contributed by atoms with Crippen molar-refractivity contribution in [2.24, 2.45) is 0 Å². The summed E-state index contributed by atoms with van der Waals surface area (Å²) in [6.07, 6.45) is 2.06. The van der Waals surface area contributed by atoms with Gasteiger partial charge in [0.15, 0.2) is 0 Å². The Labute approximate surface area is 157 Å². The van der Waals surface area contributed by atoms with Gasteiger partial charge < -0.3 is 9.13 Å². The topological polar surface area (TPSA) is 26.9 Å². The van der Waals surface area contributed by atoms with Crippen molar-refractivity contribution in [1.82, 2.24) is 9.13 Å². The molecule has 0 amide bonds. The van der Waals surface area contributed by atoms with Gasteiger partial charge in [0.25, 0.3) is 0 Å². The number of ketones is 1. The van der Waals surface area contributed by atoms with E-state index < -0.39 is 0 Å². The summed E-state index contributed by atoms with van der Waals surface area (Å²) in [5.74, 6) is 0.144. The summed E-state index contributed by atoms with van der Waals surface area (Å²) in [4.78, 5) is 14.8. The molecule has 0 aliphatic heterocycles. The van der Waals surface area contributed by atoms with Crippen molar-refractivity contribution in [3.8, 4) is 0 Å². The fourth-order valence-electron chi connectivity index (χ4n) is 3.95. The first kappa shape index (κ1) is 17.1. The van der Waals surface area contributed by atoms with Gasteiger partial charge in [-0.2, -0.15) is 0 Å². The quantitative estimate of drug-likeness (QED) is 0.384. The third-order valence-corrected chi connectivity index (χ3v) is 6.03. The number of thiophene rings is 1. The van der Waals surface area contributed by atoms with Crippen molar-refractivity contribution < 1.29 is 4.79 Å². The molecule has 0 spiro atoms. The van der Waals surface area contributed by atoms with Gasteiger partial charge >= 0.3 is 0 Å². The van der Waals surface area contributed by atoms with E-state index >= 15 is 0 Å². The van der Waals surface area contributed by atoms with Crippen molar-refractivity contribution >= 4 is 38.2 Å². The number of fused-ring (bicyclic) bond motifs is 2. The summed E-state index contributed by atoms with van der Waals surface area (Å²) < 4.78 is 4.49. The normalized spacial score (nSPS) is 11.7. The Morgan fingerprint density at radius 3 is 2.54 bits per heavy atom. The molecule has 3 nitrogen and oxygen atoms in total. The number of benzene rings is 1. The number of aryl methyl sites for hydroxylation is 2. The molecule has 3 aromatic heterocycles. The molecule has 0 aliphatic rings. The van der Waals surface area contributed by atoms with Crippen LogP contribution in [0.25, 0.3) is 21.1 Å². The number of nitrogens with zero attached hydrogens (tertiary/aromatic N) is 2. The lowest BCUT2D eigenvalue weighted by atomic mass is 10.1. The predicted molar refractivity (Wildman–Crippen MR) is 111 cm³/mol. The highest BCUT2D eigenvalue weighted by molar-refractivity contribution is 7.16. The van der Waals surface area contributed by atoms with E-state index in [1.807, 2.05) is 12.1 Å². The van der Waals surface area contributed by atoms with E-state index in [-0.39, 0.29) is 5.78 Å². The Bertz CT molecular complexity index is 1100. The Morgan fingerprint density at radius 1 is 1.04 bits per heavy atom. The molecule has 3 heterocycles. The predicted octanol–water partition coefficient (Wildman–Crippen LogP) is 6.02. The lowest BCUT2D eigenvalue weighted by Gasteiger charge is -2.10. The lowest BCUT2D eigenvalue weighted by Crippen LogP contribution is -2.11. The molecule has 0 radical (unpaired) electrons. The van der Waals surface area contributed by atoms with Crippen LogP contribution in [0.5, 0.6) is 0 Å². The van der Waals surface area contributed by atoms with Crippen LogP contribution >= 0.6 is 11.3 Å². The van der Waals surface area contributed by atoms with Gasteiger partial charge in [0.1, 0.15) is 4.83 Å². The first-order chi connectivity index (χ1) is 12.7. The molecule has 4 heteroatoms. The second kappa shape index (κ2) is 6.76. The summed E-state index contributed by atoms with van der Waals surface area (Å²) in [5, 5.41) is 4.32. The molecule has 0 atom stereocenters. The second-order valence-corrected chi connectivity index (χ2v) is 7.72. The summed E-state index contributed by atoms with van der Waals surface area (Å²) in [5.41, 5.74) is 3.91. The van der Waals surface area contributed by atoms with Crippen LogP contribution in [-0.4, -0.2) is 14.9 Å². The lowest BCUT2D eigenvalue weighted by molar-refractivity contribution is 0.103. The molecule has 4 rings (SSSR count). The van der Waals surface area contributed by atoms with Crippen LogP contribution in [0.15, 0.2) is 41.8 Å². The van der Waals surface area contributed by atoms with Gasteiger partial charge in [-0.15, -0.1) is 11.3 Å². The fraction of sp³-hybridized carbons (Fsp3) is 0.318. The SMILES string of the molecule is CCCn1c(C(=O)c2c(C)n(CCC)c3sccc23)cc2ccccc21. The summed E-state index contributed by atoms with van der Waals surface area (Å²) in [6, 6.07) is 12.4. The number of rotatable bonds is 6. The number of carbonyl (C=O) groups excluding carboxylic acids is 1. The van der Waals surface area contributed by atoms with Gasteiger partial charge in [-0.25, -0.2) is 0 Å². The molecule has 4 aromatic rings. The molecule has 0 saturated heterocycles. The zero-order valence-corrected chi connectivity index (χ0v) is 16.4. The first-order valence-electron chi connectivity index (χ1n) is 9.36. The Morgan fingerprint density at radius 2 is 1.77 bits per heavy atom. The molecule has 1 aromatic carbocycles. The van der Waals surface area contributed by atoms with Crippen LogP contribution in [0.1, 0.15) is 48.4 Å². The fourth-order valence-corrected chi connectivity index (χ4v) is 4.94. The van der Waals surface area contributed by atoms with Crippen LogP contribution in [0, 0.1) is 6.92 Å². The highest BCUT2D eigenvalue weighted by Gasteiger charge is 2.24. The van der Waals surface area contributed by atoms with Crippen molar-refractivity contribution in [2.45, 2.75) is 46.7 Å². The Hall–Kier alpha value is -2.33. The smallest absolute Gasteiger partial charge is 0.211 e. The Balaban J connectivity index is 1.93. The highest BCUT2D eigenvalue weighted by atomic mass is 32.1. The highest BCUT2D eigenvalue weighted by Crippen LogP contribution is 2.33. The molecule has 0 bridgehead atoms. The molecule has 0 unspecified atom stereocenters. The summed E-state index contributed by atoms with van der Waals surface area (Å²) in [6.45, 7) is 8.23. The van der Waals surface area contributed by atoms with Crippen molar-refractivity contribution in [3.63, 3.8) is 0 Å². The van der Waals surface area contributed by atoms with Crippen molar-refractivity contribution in [2.75, 3.05) is 0 Å². The molecular formula is C22H24N2OS. The van der Waals surface area contributed by atoms with Gasteiger partial charge in [0, 0.05) is 35.1 Å². The third kappa shape index (κ3) is 2.52. The minimum Gasteiger partial charge on any atom is -0.338 e. The number of hydrogen-bond donors (Lipinski definition) is 0. The second-order valence-electron chi connectivity index (χ2n) is 6.82. The zero-order chi connectivity index (χ0) is 18.3. The minimum absolute atomic E-state index is 0.144. The van der Waals surface area contributed by atoms with Crippen molar-refractivity contribution in [1.29, 1.82) is 0 Å². The minimum atomic E-state index is 0.144. The first-order valence-corrected chi connectivity index (χ1v) is 10.2. The van der Waals surface area contributed by atoms with E-state index in [4.69, 9.17) is 0 Å². The Kier molecular flexibility index (Phi) is 4.45. The molecule has 0 saturated carbocycles. The van der Waals surface area contributed by atoms with Gasteiger partial charge in [-0.05, 0) is 43.3 Å². The number of para-hydroxylation sites is 1. The van der Waals surface area contributed by atoms with E-state index in [1.165, 1.54) is 4.83 Å². The van der Waals surface area contributed by atoms with Gasteiger partial charge in [0.05, 0.1) is 11.3 Å². The molecule has 0 fully saturated rings. The number of aromatic nitrogens is 2. The van der Waals surface area contributed by atoms with Gasteiger partial charge in [0.2, 0.25) is 5.78 Å². The molecule has 0 aliphatic carbocycles. The van der Waals surface area contributed by atoms with Crippen LogP contribution in [0.3, 0.4) is 0 Å². The maximum absolute atomic E-state index is 13.6. The summed E-state index contributed by atoms with van der Waals surface area (Å²) in [7, 11) is 0. The largest absolute Gasteiger partial charge is 0.338 e. The van der Waals surface area contributed by atoms with E-state index in [9.17, 15) is 4.79 Å². The molecular weight excluding hydrogens is 340 g/mol. The number of carbonyl (C=O) groups is 1. The van der Waals surface area contributed by atoms with Crippen LogP contribution in [0.2, 0.25) is 0 Å². The standard InChI is InChI=1S/C22H24N2OS/c1-4-11-23-15(3)20(17-10-13-26-22(17)23)21(25)19-14-16-8-6-7-9-18(16)24(19)12-5-2/h6-10,13-14H,4-5,11-12H2,1-3H3. The molecule has 0 N–H and O–H groups in total. The van der Waals surface area contributed by atoms with E-state index in [0.29, 0.717) is 0 Å². The molecule has 26 heavy (non-hydrogen) atoms. The zero-order valence-electron chi connectivity index (χ0n) is 15.6.